The van der Waals surface area contributed by atoms with Gasteiger partial charge in [-0.3, -0.25) is 4.79 Å². The van der Waals surface area contributed by atoms with Crippen LogP contribution >= 0.6 is 11.3 Å². The summed E-state index contributed by atoms with van der Waals surface area (Å²) < 4.78 is 5.36. The number of carbonyl (C=O) groups is 1. The average Bonchev–Trinajstić information content (AvgIpc) is 2.87. The zero-order chi connectivity index (χ0) is 11.4. The Hall–Kier alpha value is -1.55. The molecule has 0 aliphatic carbocycles. The van der Waals surface area contributed by atoms with Crippen molar-refractivity contribution in [1.29, 1.82) is 0 Å². The number of aryl methyl sites for hydroxylation is 1. The lowest BCUT2D eigenvalue weighted by Gasteiger charge is -2.01. The molecule has 4 heteroatoms. The minimum atomic E-state index is 0.0245. The summed E-state index contributed by atoms with van der Waals surface area (Å²) in [6, 6.07) is 7.67. The second-order valence-corrected chi connectivity index (χ2v) is 4.58. The third-order valence-electron chi connectivity index (χ3n) is 2.17. The molecule has 0 bridgehead atoms. The molecular weight excluding hydrogens is 222 g/mol. The molecule has 3 nitrogen and oxygen atoms in total. The predicted molar refractivity (Wildman–Crippen MR) is 63.3 cm³/mol. The Kier molecular flexibility index (Phi) is 3.41. The van der Waals surface area contributed by atoms with Crippen LogP contribution in [0.3, 0.4) is 0 Å². The lowest BCUT2D eigenvalue weighted by Crippen LogP contribution is -2.23. The van der Waals surface area contributed by atoms with Gasteiger partial charge >= 0.3 is 0 Å². The van der Waals surface area contributed by atoms with Crippen LogP contribution in [0.1, 0.15) is 16.4 Å². The van der Waals surface area contributed by atoms with Crippen LogP contribution in [-0.4, -0.2) is 5.91 Å². The van der Waals surface area contributed by atoms with Crippen LogP contribution in [0.15, 0.2) is 34.1 Å². The summed E-state index contributed by atoms with van der Waals surface area (Å²) in [6.07, 6.45) is 0.442. The highest BCUT2D eigenvalue weighted by Gasteiger charge is 2.05. The van der Waals surface area contributed by atoms with Crippen molar-refractivity contribution >= 4 is 17.2 Å². The topological polar surface area (TPSA) is 42.2 Å². The maximum absolute atomic E-state index is 11.5. The fraction of sp³-hybridized carbons (Fsp3) is 0.250. The summed E-state index contributed by atoms with van der Waals surface area (Å²) in [6.45, 7) is 2.34. The number of hydrogen-bond donors (Lipinski definition) is 1. The summed E-state index contributed by atoms with van der Waals surface area (Å²) in [7, 11) is 0. The molecule has 16 heavy (non-hydrogen) atoms. The van der Waals surface area contributed by atoms with Gasteiger partial charge in [0, 0.05) is 4.88 Å². The predicted octanol–water partition coefficient (Wildman–Crippen LogP) is 2.51. The van der Waals surface area contributed by atoms with Gasteiger partial charge in [0.2, 0.25) is 5.91 Å². The van der Waals surface area contributed by atoms with Crippen LogP contribution in [0, 0.1) is 6.92 Å². The van der Waals surface area contributed by atoms with E-state index in [0.717, 1.165) is 16.4 Å². The van der Waals surface area contributed by atoms with Crippen LogP contribution in [0.4, 0.5) is 0 Å². The molecule has 0 saturated heterocycles. The van der Waals surface area contributed by atoms with Crippen LogP contribution in [-0.2, 0) is 17.8 Å². The Balaban J connectivity index is 1.80. The Bertz CT molecular complexity index is 459. The molecule has 1 amide bonds. The van der Waals surface area contributed by atoms with Gasteiger partial charge in [0.25, 0.3) is 0 Å². The molecule has 0 aliphatic rings. The first kappa shape index (κ1) is 11.0. The minimum Gasteiger partial charge on any atom is -0.465 e. The quantitative estimate of drug-likeness (QED) is 0.884. The van der Waals surface area contributed by atoms with Gasteiger partial charge in [-0.15, -0.1) is 11.3 Å². The van der Waals surface area contributed by atoms with Crippen molar-refractivity contribution in [2.24, 2.45) is 0 Å². The third-order valence-corrected chi connectivity index (χ3v) is 3.05. The van der Waals surface area contributed by atoms with Crippen molar-refractivity contribution in [3.63, 3.8) is 0 Å². The highest BCUT2D eigenvalue weighted by atomic mass is 32.1. The van der Waals surface area contributed by atoms with Crippen molar-refractivity contribution in [3.8, 4) is 0 Å². The van der Waals surface area contributed by atoms with E-state index in [-0.39, 0.29) is 5.91 Å². The molecule has 2 aromatic heterocycles. The lowest BCUT2D eigenvalue weighted by atomic mass is 10.3. The number of hydrogen-bond acceptors (Lipinski definition) is 3. The largest absolute Gasteiger partial charge is 0.465 e. The summed E-state index contributed by atoms with van der Waals surface area (Å²) in [5, 5.41) is 4.80. The van der Waals surface area contributed by atoms with Crippen LogP contribution < -0.4 is 5.32 Å². The van der Waals surface area contributed by atoms with Gasteiger partial charge in [0.05, 0.1) is 13.0 Å². The lowest BCUT2D eigenvalue weighted by molar-refractivity contribution is -0.120. The van der Waals surface area contributed by atoms with Gasteiger partial charge < -0.3 is 9.73 Å². The smallest absolute Gasteiger partial charge is 0.225 e. The maximum Gasteiger partial charge on any atom is 0.225 e. The summed E-state index contributed by atoms with van der Waals surface area (Å²) >= 11 is 1.59. The Labute approximate surface area is 98.1 Å². The highest BCUT2D eigenvalue weighted by Crippen LogP contribution is 2.09. The third kappa shape index (κ3) is 2.97. The number of furan rings is 1. The van der Waals surface area contributed by atoms with Gasteiger partial charge in [-0.2, -0.15) is 0 Å². The van der Waals surface area contributed by atoms with Crippen LogP contribution in [0.5, 0.6) is 0 Å². The van der Waals surface area contributed by atoms with E-state index in [9.17, 15) is 4.79 Å². The van der Waals surface area contributed by atoms with Crippen molar-refractivity contribution in [2.75, 3.05) is 0 Å². The van der Waals surface area contributed by atoms with Gasteiger partial charge in [0.1, 0.15) is 11.5 Å². The first-order valence-corrected chi connectivity index (χ1v) is 5.96. The number of amides is 1. The van der Waals surface area contributed by atoms with Crippen LogP contribution in [0.25, 0.3) is 0 Å². The van der Waals surface area contributed by atoms with Gasteiger partial charge in [-0.05, 0) is 30.5 Å². The normalized spacial score (nSPS) is 10.3. The molecule has 0 unspecified atom stereocenters. The molecule has 84 valence electrons. The molecule has 2 aromatic rings. The van der Waals surface area contributed by atoms with Gasteiger partial charge in [-0.1, -0.05) is 6.07 Å². The van der Waals surface area contributed by atoms with Crippen molar-refractivity contribution in [2.45, 2.75) is 19.9 Å². The van der Waals surface area contributed by atoms with E-state index in [1.165, 1.54) is 0 Å². The maximum atomic E-state index is 11.5. The molecule has 0 saturated carbocycles. The van der Waals surface area contributed by atoms with Gasteiger partial charge in [0.15, 0.2) is 0 Å². The van der Waals surface area contributed by atoms with Crippen molar-refractivity contribution < 1.29 is 9.21 Å². The van der Waals surface area contributed by atoms with E-state index < -0.39 is 0 Å². The van der Waals surface area contributed by atoms with E-state index in [4.69, 9.17) is 4.42 Å². The van der Waals surface area contributed by atoms with E-state index >= 15 is 0 Å². The Morgan fingerprint density at radius 1 is 1.44 bits per heavy atom. The molecule has 0 spiro atoms. The number of rotatable bonds is 4. The molecule has 0 fully saturated rings. The SMILES string of the molecule is Cc1ccc(CNC(=O)Cc2cccs2)o1. The highest BCUT2D eigenvalue weighted by molar-refractivity contribution is 7.10. The van der Waals surface area contributed by atoms with Crippen LogP contribution in [0.2, 0.25) is 0 Å². The molecule has 2 rings (SSSR count). The molecule has 1 N–H and O–H groups in total. The average molecular weight is 235 g/mol. The first-order valence-electron chi connectivity index (χ1n) is 5.08. The molecule has 0 aromatic carbocycles. The van der Waals surface area contributed by atoms with Gasteiger partial charge in [-0.25, -0.2) is 0 Å². The van der Waals surface area contributed by atoms with E-state index in [2.05, 4.69) is 5.32 Å². The minimum absolute atomic E-state index is 0.0245. The first-order chi connectivity index (χ1) is 7.74. The number of carbonyl (C=O) groups excluding carboxylic acids is 1. The monoisotopic (exact) mass is 235 g/mol. The second-order valence-electron chi connectivity index (χ2n) is 3.55. The van der Waals surface area contributed by atoms with E-state index in [1.807, 2.05) is 36.6 Å². The second kappa shape index (κ2) is 4.99. The molecule has 0 aliphatic heterocycles. The van der Waals surface area contributed by atoms with E-state index in [0.29, 0.717) is 13.0 Å². The fourth-order valence-corrected chi connectivity index (χ4v) is 2.10. The summed E-state index contributed by atoms with van der Waals surface area (Å²) in [5.41, 5.74) is 0. The number of thiophene rings is 1. The summed E-state index contributed by atoms with van der Waals surface area (Å²) in [5.74, 6) is 1.68. The zero-order valence-corrected chi connectivity index (χ0v) is 9.84. The molecule has 0 radical (unpaired) electrons. The van der Waals surface area contributed by atoms with Crippen molar-refractivity contribution in [3.05, 3.63) is 46.0 Å². The van der Waals surface area contributed by atoms with E-state index in [1.54, 1.807) is 11.3 Å². The molecule has 0 atom stereocenters. The Morgan fingerprint density at radius 3 is 2.94 bits per heavy atom. The zero-order valence-electron chi connectivity index (χ0n) is 9.03. The standard InChI is InChI=1S/C12H13NO2S/c1-9-4-5-10(15-9)8-13-12(14)7-11-3-2-6-16-11/h2-6H,7-8H2,1H3,(H,13,14). The molecular formula is C12H13NO2S. The Morgan fingerprint density at radius 2 is 2.31 bits per heavy atom. The molecule has 2 heterocycles. The van der Waals surface area contributed by atoms with Crippen molar-refractivity contribution in [1.82, 2.24) is 5.32 Å². The number of nitrogens with one attached hydrogen (secondary N) is 1. The fourth-order valence-electron chi connectivity index (χ4n) is 1.40. The summed E-state index contributed by atoms with van der Waals surface area (Å²) in [4.78, 5) is 12.6.